The highest BCUT2D eigenvalue weighted by molar-refractivity contribution is 7.89. The lowest BCUT2D eigenvalue weighted by atomic mass is 10.2. The van der Waals surface area contributed by atoms with Gasteiger partial charge in [-0.3, -0.25) is 0 Å². The van der Waals surface area contributed by atoms with Crippen molar-refractivity contribution in [1.29, 1.82) is 5.26 Å². The van der Waals surface area contributed by atoms with Crippen LogP contribution in [0.25, 0.3) is 0 Å². The largest absolute Gasteiger partial charge is 0.573 e. The first-order valence-corrected chi connectivity index (χ1v) is 8.03. The van der Waals surface area contributed by atoms with E-state index in [1.165, 1.54) is 42.5 Å². The molecule has 2 aromatic rings. The normalized spacial score (nSPS) is 11.8. The van der Waals surface area contributed by atoms with Crippen LogP contribution in [0.15, 0.2) is 53.4 Å². The molecule has 0 aliphatic heterocycles. The molecule has 2 rings (SSSR count). The number of nitriles is 1. The van der Waals surface area contributed by atoms with Crippen LogP contribution >= 0.6 is 0 Å². The van der Waals surface area contributed by atoms with Gasteiger partial charge in [0.25, 0.3) is 0 Å². The molecule has 126 valence electrons. The molecule has 0 heterocycles. The molecule has 0 bridgehead atoms. The Kier molecular flexibility index (Phi) is 5.11. The number of rotatable bonds is 5. The molecule has 0 fully saturated rings. The van der Waals surface area contributed by atoms with Gasteiger partial charge in [0.05, 0.1) is 16.5 Å². The topological polar surface area (TPSA) is 79.2 Å². The number of alkyl halides is 3. The third-order valence-corrected chi connectivity index (χ3v) is 4.36. The van der Waals surface area contributed by atoms with Gasteiger partial charge in [0, 0.05) is 12.1 Å². The molecule has 0 aliphatic carbocycles. The molecule has 2 aromatic carbocycles. The van der Waals surface area contributed by atoms with Gasteiger partial charge in [-0.15, -0.1) is 13.2 Å². The zero-order valence-electron chi connectivity index (χ0n) is 12.0. The summed E-state index contributed by atoms with van der Waals surface area (Å²) in [6, 6.07) is 12.2. The minimum absolute atomic E-state index is 0.0343. The van der Waals surface area contributed by atoms with Crippen LogP contribution in [0.5, 0.6) is 5.75 Å². The molecule has 1 N–H and O–H groups in total. The molecule has 0 unspecified atom stereocenters. The summed E-state index contributed by atoms with van der Waals surface area (Å²) in [4.78, 5) is -0.101. The second-order valence-electron chi connectivity index (χ2n) is 4.62. The number of halogens is 3. The minimum atomic E-state index is -4.87. The van der Waals surface area contributed by atoms with Crippen LogP contribution in [-0.2, 0) is 16.6 Å². The van der Waals surface area contributed by atoms with E-state index < -0.39 is 22.1 Å². The highest BCUT2D eigenvalue weighted by atomic mass is 32.2. The van der Waals surface area contributed by atoms with Gasteiger partial charge in [-0.25, -0.2) is 13.1 Å². The van der Waals surface area contributed by atoms with Crippen molar-refractivity contribution < 1.29 is 26.3 Å². The molecular weight excluding hydrogens is 345 g/mol. The summed E-state index contributed by atoms with van der Waals surface area (Å²) in [5.74, 6) is -0.479. The number of hydrogen-bond acceptors (Lipinski definition) is 4. The van der Waals surface area contributed by atoms with Gasteiger partial charge in [-0.2, -0.15) is 5.26 Å². The molecule has 0 aliphatic rings. The van der Waals surface area contributed by atoms with Crippen LogP contribution in [0, 0.1) is 11.3 Å². The maximum Gasteiger partial charge on any atom is 0.573 e. The summed E-state index contributed by atoms with van der Waals surface area (Å²) in [6.45, 7) is -0.380. The molecule has 0 saturated carbocycles. The second kappa shape index (κ2) is 6.90. The molecule has 0 amide bonds. The third-order valence-electron chi connectivity index (χ3n) is 2.94. The van der Waals surface area contributed by atoms with Crippen molar-refractivity contribution in [2.75, 3.05) is 0 Å². The standard InChI is InChI=1S/C15H11F3N2O3S/c16-15(17,18)23-14-4-2-1-3-12(14)10-20-24(21,22)13-7-5-11(9-19)6-8-13/h1-8,20H,10H2. The molecule has 0 saturated heterocycles. The molecule has 24 heavy (non-hydrogen) atoms. The predicted octanol–water partition coefficient (Wildman–Crippen LogP) is 2.94. The smallest absolute Gasteiger partial charge is 0.405 e. The molecule has 0 spiro atoms. The van der Waals surface area contributed by atoms with Gasteiger partial charge in [0.15, 0.2) is 0 Å². The molecule has 5 nitrogen and oxygen atoms in total. The zero-order valence-corrected chi connectivity index (χ0v) is 12.9. The molecular formula is C15H11F3N2O3S. The number of sulfonamides is 1. The minimum Gasteiger partial charge on any atom is -0.405 e. The van der Waals surface area contributed by atoms with E-state index >= 15 is 0 Å². The Morgan fingerprint density at radius 1 is 1.08 bits per heavy atom. The third kappa shape index (κ3) is 4.71. The predicted molar refractivity (Wildman–Crippen MR) is 78.3 cm³/mol. The van der Waals surface area contributed by atoms with Crippen molar-refractivity contribution in [2.24, 2.45) is 0 Å². The van der Waals surface area contributed by atoms with Gasteiger partial charge in [-0.05, 0) is 30.3 Å². The van der Waals surface area contributed by atoms with E-state index in [1.807, 2.05) is 6.07 Å². The van der Waals surface area contributed by atoms with E-state index in [0.29, 0.717) is 0 Å². The van der Waals surface area contributed by atoms with E-state index in [-0.39, 0.29) is 22.6 Å². The molecule has 0 aromatic heterocycles. The van der Waals surface area contributed by atoms with E-state index in [1.54, 1.807) is 0 Å². The average Bonchev–Trinajstić information content (AvgIpc) is 2.53. The Bertz CT molecular complexity index is 857. The Labute approximate surface area is 136 Å². The first kappa shape index (κ1) is 17.8. The highest BCUT2D eigenvalue weighted by Gasteiger charge is 2.32. The van der Waals surface area contributed by atoms with E-state index in [0.717, 1.165) is 6.07 Å². The van der Waals surface area contributed by atoms with Crippen LogP contribution in [0.1, 0.15) is 11.1 Å². The van der Waals surface area contributed by atoms with Crippen LogP contribution < -0.4 is 9.46 Å². The maximum atomic E-state index is 12.3. The second-order valence-corrected chi connectivity index (χ2v) is 6.38. The summed E-state index contributed by atoms with van der Waals surface area (Å²) in [7, 11) is -3.94. The lowest BCUT2D eigenvalue weighted by molar-refractivity contribution is -0.274. The van der Waals surface area contributed by atoms with Crippen molar-refractivity contribution >= 4 is 10.0 Å². The van der Waals surface area contributed by atoms with Crippen molar-refractivity contribution in [3.8, 4) is 11.8 Å². The van der Waals surface area contributed by atoms with Crippen molar-refractivity contribution in [3.63, 3.8) is 0 Å². The Morgan fingerprint density at radius 2 is 1.71 bits per heavy atom. The molecule has 0 atom stereocenters. The molecule has 0 radical (unpaired) electrons. The van der Waals surface area contributed by atoms with Gasteiger partial charge < -0.3 is 4.74 Å². The highest BCUT2D eigenvalue weighted by Crippen LogP contribution is 2.26. The van der Waals surface area contributed by atoms with Crippen LogP contribution in [0.2, 0.25) is 0 Å². The number of nitrogens with zero attached hydrogens (tertiary/aromatic N) is 1. The Morgan fingerprint density at radius 3 is 2.29 bits per heavy atom. The van der Waals surface area contributed by atoms with E-state index in [9.17, 15) is 21.6 Å². The fourth-order valence-corrected chi connectivity index (χ4v) is 2.85. The van der Waals surface area contributed by atoms with Gasteiger partial charge in [0.2, 0.25) is 10.0 Å². The van der Waals surface area contributed by atoms with Crippen LogP contribution in [0.3, 0.4) is 0 Å². The summed E-state index contributed by atoms with van der Waals surface area (Å²) in [5.41, 5.74) is 0.324. The Balaban J connectivity index is 2.16. The maximum absolute atomic E-state index is 12.3. The van der Waals surface area contributed by atoms with Crippen LogP contribution in [0.4, 0.5) is 13.2 Å². The fourth-order valence-electron chi connectivity index (χ4n) is 1.84. The SMILES string of the molecule is N#Cc1ccc(S(=O)(=O)NCc2ccccc2OC(F)(F)F)cc1. The van der Waals surface area contributed by atoms with Gasteiger partial charge >= 0.3 is 6.36 Å². The first-order chi connectivity index (χ1) is 11.2. The number of nitrogens with one attached hydrogen (secondary N) is 1. The number of hydrogen-bond donors (Lipinski definition) is 1. The van der Waals surface area contributed by atoms with Crippen LogP contribution in [-0.4, -0.2) is 14.8 Å². The van der Waals surface area contributed by atoms with Crippen molar-refractivity contribution in [1.82, 2.24) is 4.72 Å². The zero-order chi connectivity index (χ0) is 17.8. The monoisotopic (exact) mass is 356 g/mol. The summed E-state index contributed by atoms with van der Waals surface area (Å²) >= 11 is 0. The first-order valence-electron chi connectivity index (χ1n) is 6.55. The van der Waals surface area contributed by atoms with E-state index in [4.69, 9.17) is 5.26 Å². The fraction of sp³-hybridized carbons (Fsp3) is 0.133. The average molecular weight is 356 g/mol. The quantitative estimate of drug-likeness (QED) is 0.893. The number of benzene rings is 2. The van der Waals surface area contributed by atoms with Gasteiger partial charge in [0.1, 0.15) is 5.75 Å². The lowest BCUT2D eigenvalue weighted by Gasteiger charge is -2.13. The summed E-state index contributed by atoms with van der Waals surface area (Å²) in [5, 5.41) is 8.69. The van der Waals surface area contributed by atoms with Gasteiger partial charge in [-0.1, -0.05) is 18.2 Å². The Hall–Kier alpha value is -2.57. The molecule has 9 heteroatoms. The van der Waals surface area contributed by atoms with Crippen molar-refractivity contribution in [3.05, 3.63) is 59.7 Å². The lowest BCUT2D eigenvalue weighted by Crippen LogP contribution is -2.24. The number of ether oxygens (including phenoxy) is 1. The van der Waals surface area contributed by atoms with Crippen molar-refractivity contribution in [2.45, 2.75) is 17.8 Å². The number of para-hydroxylation sites is 1. The van der Waals surface area contributed by atoms with E-state index in [2.05, 4.69) is 9.46 Å². The summed E-state index contributed by atoms with van der Waals surface area (Å²) < 4.78 is 67.4. The summed E-state index contributed by atoms with van der Waals surface area (Å²) in [6.07, 6.45) is -4.87.